The van der Waals surface area contributed by atoms with Crippen molar-refractivity contribution in [3.63, 3.8) is 0 Å². The number of thiophene rings is 1. The number of pyridine rings is 1. The van der Waals surface area contributed by atoms with Gasteiger partial charge < -0.3 is 41.1 Å². The molecule has 0 radical (unpaired) electrons. The summed E-state index contributed by atoms with van der Waals surface area (Å²) in [5.74, 6) is -6.16. The average Bonchev–Trinajstić information content (AvgIpc) is 3.73. The van der Waals surface area contributed by atoms with Gasteiger partial charge in [-0.2, -0.15) is 4.57 Å². The number of thioether (sulfide) groups is 1. The fourth-order valence-electron chi connectivity index (χ4n) is 5.31. The standard InChI is InChI=1S/C30H24N6O9S3/c31-29-33-19(14-48-29)30(28(43)44,17-6-1-7-18(37)23(17)39)45-32-12-20(38)34-21-24(40)36-22(27(41)42)16(13-47-26(21)36)5-3-10-35-9-2-4-15-8-11-46-25(15)35/h1-9,11-12,14,21,26H,10,13H2,(H6-,31,32,33,34,37,38,39,41,42,43,44). The SMILES string of the molecule is Nc1nc(C(ON=CC(=O)NC2C(=O)N3C(C(=O)[O-])=C(C=CC[n+]4cccc5ccsc54)CSC23)(C(=O)O)c2cccc(O)c2O)cs1. The van der Waals surface area contributed by atoms with Crippen LogP contribution in [0.5, 0.6) is 11.5 Å². The molecule has 0 saturated carbocycles. The number of fused-ring (bicyclic) bond motifs is 2. The second-order valence-corrected chi connectivity index (χ2v) is 13.2. The highest BCUT2D eigenvalue weighted by Gasteiger charge is 2.53. The third-order valence-electron chi connectivity index (χ3n) is 7.52. The first kappa shape index (κ1) is 32.5. The number of amides is 2. The number of carboxylic acid groups (broad SMARTS) is 2. The van der Waals surface area contributed by atoms with Crippen molar-refractivity contribution < 1.29 is 49.0 Å². The Balaban J connectivity index is 1.17. The molecular formula is C30H24N6O9S3. The second kappa shape index (κ2) is 13.0. The Morgan fingerprint density at radius 2 is 2.04 bits per heavy atom. The Bertz CT molecular complexity index is 2060. The number of thiazole rings is 1. The molecule has 0 aliphatic carbocycles. The zero-order valence-electron chi connectivity index (χ0n) is 24.4. The van der Waals surface area contributed by atoms with Crippen molar-refractivity contribution in [2.75, 3.05) is 11.5 Å². The van der Waals surface area contributed by atoms with Gasteiger partial charge in [0, 0.05) is 17.2 Å². The zero-order chi connectivity index (χ0) is 34.2. The summed E-state index contributed by atoms with van der Waals surface area (Å²) in [7, 11) is 0. The lowest BCUT2D eigenvalue weighted by Crippen LogP contribution is -2.71. The molecule has 3 atom stereocenters. The quantitative estimate of drug-likeness (QED) is 0.0475. The molecule has 3 aromatic heterocycles. The maximum absolute atomic E-state index is 13.1. The largest absolute Gasteiger partial charge is 0.543 e. The Morgan fingerprint density at radius 1 is 1.23 bits per heavy atom. The first-order valence-corrected chi connectivity index (χ1v) is 16.7. The minimum absolute atomic E-state index is 0.0304. The van der Waals surface area contributed by atoms with Crippen LogP contribution in [0.4, 0.5) is 5.13 Å². The lowest BCUT2D eigenvalue weighted by Gasteiger charge is -2.50. The van der Waals surface area contributed by atoms with E-state index >= 15 is 0 Å². The number of nitrogens with two attached hydrogens (primary N) is 1. The number of aromatic hydroxyl groups is 2. The van der Waals surface area contributed by atoms with Gasteiger partial charge in [-0.3, -0.25) is 14.5 Å². The number of para-hydroxylation sites is 1. The molecule has 15 nitrogen and oxygen atoms in total. The number of β-lactam (4-membered cyclic amide) rings is 1. The normalized spacial score (nSPS) is 18.9. The second-order valence-electron chi connectivity index (χ2n) is 10.4. The van der Waals surface area contributed by atoms with Crippen LogP contribution in [0.25, 0.3) is 10.2 Å². The molecule has 5 heterocycles. The molecule has 2 aliphatic heterocycles. The number of carboxylic acids is 2. The van der Waals surface area contributed by atoms with Crippen LogP contribution in [0.2, 0.25) is 0 Å². The number of anilines is 1. The van der Waals surface area contributed by atoms with E-state index < -0.39 is 57.8 Å². The first-order valence-electron chi connectivity index (χ1n) is 13.9. The van der Waals surface area contributed by atoms with Crippen LogP contribution in [0.3, 0.4) is 0 Å². The molecular weight excluding hydrogens is 685 g/mol. The number of nitrogens with one attached hydrogen (secondary N) is 1. The molecule has 18 heteroatoms. The number of phenols is 2. The molecule has 1 saturated heterocycles. The summed E-state index contributed by atoms with van der Waals surface area (Å²) in [6, 6.07) is 8.32. The number of oxime groups is 1. The molecule has 2 amide bonds. The summed E-state index contributed by atoms with van der Waals surface area (Å²) in [6.45, 7) is 0.466. The average molecular weight is 709 g/mol. The molecule has 1 aromatic carbocycles. The molecule has 3 unspecified atom stereocenters. The first-order chi connectivity index (χ1) is 23.0. The van der Waals surface area contributed by atoms with E-state index in [4.69, 9.17) is 10.6 Å². The van der Waals surface area contributed by atoms with E-state index in [1.54, 1.807) is 23.5 Å². The summed E-state index contributed by atoms with van der Waals surface area (Å²) in [4.78, 5) is 62.0. The van der Waals surface area contributed by atoms with Gasteiger partial charge in [0.25, 0.3) is 16.6 Å². The molecule has 2 aliphatic rings. The molecule has 48 heavy (non-hydrogen) atoms. The van der Waals surface area contributed by atoms with Crippen molar-refractivity contribution >= 4 is 79.8 Å². The van der Waals surface area contributed by atoms with Crippen LogP contribution in [-0.2, 0) is 36.2 Å². The zero-order valence-corrected chi connectivity index (χ0v) is 26.8. The van der Waals surface area contributed by atoms with Crippen molar-refractivity contribution in [1.82, 2.24) is 15.2 Å². The van der Waals surface area contributed by atoms with E-state index in [0.29, 0.717) is 18.3 Å². The van der Waals surface area contributed by atoms with Gasteiger partial charge in [-0.1, -0.05) is 28.6 Å². The van der Waals surface area contributed by atoms with Crippen LogP contribution < -0.4 is 20.7 Å². The summed E-state index contributed by atoms with van der Waals surface area (Å²) in [6.07, 6.45) is 5.93. The fourth-order valence-corrected chi connectivity index (χ4v) is 8.12. The molecule has 6 N–H and O–H groups in total. The fraction of sp³-hybridized carbons (Fsp3) is 0.167. The number of phenolic OH excluding ortho intramolecular Hbond substituents is 2. The Labute approximate surface area is 282 Å². The summed E-state index contributed by atoms with van der Waals surface area (Å²) in [5.41, 5.74) is 2.41. The van der Waals surface area contributed by atoms with Gasteiger partial charge >= 0.3 is 11.6 Å². The van der Waals surface area contributed by atoms with Crippen LogP contribution in [0.15, 0.2) is 81.9 Å². The van der Waals surface area contributed by atoms with E-state index in [0.717, 1.165) is 38.6 Å². The van der Waals surface area contributed by atoms with Crippen molar-refractivity contribution in [2.24, 2.45) is 5.16 Å². The summed E-state index contributed by atoms with van der Waals surface area (Å²) in [5, 5.41) is 52.4. The highest BCUT2D eigenvalue weighted by molar-refractivity contribution is 8.00. The predicted octanol–water partition coefficient (Wildman–Crippen LogP) is 0.630. The van der Waals surface area contributed by atoms with Gasteiger partial charge in [-0.15, -0.1) is 23.1 Å². The van der Waals surface area contributed by atoms with Crippen LogP contribution >= 0.6 is 34.4 Å². The third kappa shape index (κ3) is 5.69. The van der Waals surface area contributed by atoms with Gasteiger partial charge in [0.1, 0.15) is 23.3 Å². The maximum Gasteiger partial charge on any atom is 0.362 e. The Hall–Kier alpha value is -5.46. The summed E-state index contributed by atoms with van der Waals surface area (Å²) < 4.78 is 2.01. The summed E-state index contributed by atoms with van der Waals surface area (Å²) >= 11 is 3.70. The van der Waals surface area contributed by atoms with Crippen molar-refractivity contribution in [1.29, 1.82) is 0 Å². The minimum Gasteiger partial charge on any atom is -0.543 e. The van der Waals surface area contributed by atoms with E-state index in [2.05, 4.69) is 15.5 Å². The van der Waals surface area contributed by atoms with Gasteiger partial charge in [-0.25, -0.2) is 9.78 Å². The number of carbonyl (C=O) groups is 4. The lowest BCUT2D eigenvalue weighted by molar-refractivity contribution is -0.658. The predicted molar refractivity (Wildman–Crippen MR) is 173 cm³/mol. The van der Waals surface area contributed by atoms with Crippen molar-refractivity contribution in [2.45, 2.75) is 23.6 Å². The number of hydrogen-bond acceptors (Lipinski definition) is 14. The molecule has 246 valence electrons. The number of nitrogens with zero attached hydrogens (tertiary/aromatic N) is 4. The van der Waals surface area contributed by atoms with Crippen molar-refractivity contribution in [3.8, 4) is 11.5 Å². The number of nitrogen functional groups attached to an aromatic ring is 1. The van der Waals surface area contributed by atoms with E-state index in [9.17, 15) is 39.6 Å². The van der Waals surface area contributed by atoms with E-state index in [-0.39, 0.29) is 22.3 Å². The molecule has 0 bridgehead atoms. The molecule has 1 fully saturated rings. The number of rotatable bonds is 11. The monoisotopic (exact) mass is 708 g/mol. The van der Waals surface area contributed by atoms with Gasteiger partial charge in [-0.05, 0) is 41.3 Å². The number of hydrogen-bond donors (Lipinski definition) is 5. The number of aliphatic carboxylic acids is 2. The highest BCUT2D eigenvalue weighted by atomic mass is 32.2. The van der Waals surface area contributed by atoms with E-state index in [1.807, 2.05) is 34.3 Å². The molecule has 4 aromatic rings. The third-order valence-corrected chi connectivity index (χ3v) is 10.5. The Morgan fingerprint density at radius 3 is 2.77 bits per heavy atom. The molecule has 6 rings (SSSR count). The smallest absolute Gasteiger partial charge is 0.362 e. The number of aromatic nitrogens is 2. The van der Waals surface area contributed by atoms with Crippen LogP contribution in [0.1, 0.15) is 11.3 Å². The van der Waals surface area contributed by atoms with Crippen molar-refractivity contribution in [3.05, 3.63) is 88.0 Å². The maximum atomic E-state index is 13.1. The van der Waals surface area contributed by atoms with Crippen LogP contribution in [-0.4, -0.2) is 72.3 Å². The lowest BCUT2D eigenvalue weighted by atomic mass is 9.90. The topological polar surface area (TPSA) is 232 Å². The minimum atomic E-state index is -2.64. The van der Waals surface area contributed by atoms with Crippen LogP contribution in [0, 0.1) is 0 Å². The van der Waals surface area contributed by atoms with Gasteiger partial charge in [0.15, 0.2) is 29.4 Å². The van der Waals surface area contributed by atoms with E-state index in [1.165, 1.54) is 23.2 Å². The number of allylic oxidation sites excluding steroid dienone is 2. The highest BCUT2D eigenvalue weighted by Crippen LogP contribution is 2.43. The van der Waals surface area contributed by atoms with Gasteiger partial charge in [0.05, 0.1) is 22.6 Å². The number of carbonyl (C=O) groups excluding carboxylic acids is 3. The Kier molecular flexibility index (Phi) is 8.78. The number of benzene rings is 1. The molecule has 0 spiro atoms. The van der Waals surface area contributed by atoms with Gasteiger partial charge in [0.2, 0.25) is 0 Å².